The van der Waals surface area contributed by atoms with Crippen LogP contribution in [0, 0.1) is 0 Å². The van der Waals surface area contributed by atoms with Gasteiger partial charge in [0.05, 0.1) is 22.3 Å². The molecule has 0 fully saturated rings. The molecule has 0 saturated heterocycles. The Morgan fingerprint density at radius 3 is 2.11 bits per heavy atom. The van der Waals surface area contributed by atoms with Crippen LogP contribution in [0.1, 0.15) is 77.0 Å². The fraction of sp³-hybridized carbons (Fsp3) is 0.286. The lowest BCUT2D eigenvalue weighted by atomic mass is 9.87. The minimum atomic E-state index is 0.0533. The van der Waals surface area contributed by atoms with Gasteiger partial charge < -0.3 is 4.42 Å². The Morgan fingerprint density at radius 1 is 0.737 bits per heavy atom. The summed E-state index contributed by atoms with van der Waals surface area (Å²) >= 11 is 0. The molecule has 0 radical (unpaired) electrons. The molecule has 0 amide bonds. The first kappa shape index (κ1) is 24.5. The van der Waals surface area contributed by atoms with Crippen LogP contribution < -0.4 is 0 Å². The zero-order chi connectivity index (χ0) is 26.8. The van der Waals surface area contributed by atoms with Crippen LogP contribution in [0.5, 0.6) is 0 Å². The predicted octanol–water partition coefficient (Wildman–Crippen LogP) is 10.1. The van der Waals surface area contributed by atoms with Crippen LogP contribution in [0.4, 0.5) is 0 Å². The standard InChI is InChI=1S/C35H36N2O/c1-21(2)24-12-10-13-25(22(3)4)32(24)37-30-17-9-8-16-29(30)36-34(37)28-15-11-14-27-26-19-18-23(35(5,6)7)20-31(26)38-33(27)28/h8-22H,1-7H3. The van der Waals surface area contributed by atoms with E-state index in [0.29, 0.717) is 11.8 Å². The van der Waals surface area contributed by atoms with Crippen molar-refractivity contribution in [3.8, 4) is 17.1 Å². The molecule has 0 atom stereocenters. The Balaban J connectivity index is 1.71. The van der Waals surface area contributed by atoms with Gasteiger partial charge in [-0.3, -0.25) is 4.57 Å². The number of benzene rings is 4. The minimum Gasteiger partial charge on any atom is -0.455 e. The summed E-state index contributed by atoms with van der Waals surface area (Å²) in [5.74, 6) is 1.66. The van der Waals surface area contributed by atoms with Crippen molar-refractivity contribution in [2.45, 2.75) is 65.7 Å². The van der Waals surface area contributed by atoms with Gasteiger partial charge in [-0.25, -0.2) is 4.98 Å². The summed E-state index contributed by atoms with van der Waals surface area (Å²) in [5.41, 5.74) is 10.1. The second-order valence-electron chi connectivity index (χ2n) is 12.1. The maximum absolute atomic E-state index is 6.66. The van der Waals surface area contributed by atoms with Crippen molar-refractivity contribution in [1.82, 2.24) is 9.55 Å². The molecule has 4 aromatic carbocycles. The van der Waals surface area contributed by atoms with Crippen molar-refractivity contribution < 1.29 is 4.42 Å². The second-order valence-corrected chi connectivity index (χ2v) is 12.1. The van der Waals surface area contributed by atoms with Crippen LogP contribution in [0.25, 0.3) is 50.0 Å². The van der Waals surface area contributed by atoms with Gasteiger partial charge in [0.1, 0.15) is 17.0 Å². The van der Waals surface area contributed by atoms with Crippen molar-refractivity contribution in [1.29, 1.82) is 0 Å². The lowest BCUT2D eigenvalue weighted by molar-refractivity contribution is 0.587. The Bertz CT molecular complexity index is 1780. The average Bonchev–Trinajstić information content (AvgIpc) is 3.45. The van der Waals surface area contributed by atoms with Gasteiger partial charge in [0.25, 0.3) is 0 Å². The van der Waals surface area contributed by atoms with E-state index in [1.54, 1.807) is 0 Å². The number of imidazole rings is 1. The molecule has 2 aromatic heterocycles. The molecule has 3 nitrogen and oxygen atoms in total. The van der Waals surface area contributed by atoms with Gasteiger partial charge in [-0.1, -0.05) is 103 Å². The summed E-state index contributed by atoms with van der Waals surface area (Å²) in [6.45, 7) is 15.8. The van der Waals surface area contributed by atoms with Crippen LogP contribution in [0.2, 0.25) is 0 Å². The first-order valence-corrected chi connectivity index (χ1v) is 13.7. The highest BCUT2D eigenvalue weighted by Gasteiger charge is 2.24. The summed E-state index contributed by atoms with van der Waals surface area (Å²) in [6, 6.07) is 28.3. The Labute approximate surface area is 225 Å². The molecule has 0 unspecified atom stereocenters. The van der Waals surface area contributed by atoms with Gasteiger partial charge in [-0.05, 0) is 58.2 Å². The predicted molar refractivity (Wildman–Crippen MR) is 161 cm³/mol. The molecule has 6 aromatic rings. The van der Waals surface area contributed by atoms with E-state index in [9.17, 15) is 0 Å². The number of furan rings is 1. The highest BCUT2D eigenvalue weighted by atomic mass is 16.3. The molecule has 0 aliphatic carbocycles. The quantitative estimate of drug-likeness (QED) is 0.241. The summed E-state index contributed by atoms with van der Waals surface area (Å²) < 4.78 is 9.04. The normalized spacial score (nSPS) is 12.6. The topological polar surface area (TPSA) is 31.0 Å². The molecular formula is C35H36N2O. The number of fused-ring (bicyclic) bond motifs is 4. The second kappa shape index (κ2) is 8.87. The number of aromatic nitrogens is 2. The van der Waals surface area contributed by atoms with Crippen LogP contribution in [-0.4, -0.2) is 9.55 Å². The van der Waals surface area contributed by atoms with Crippen molar-refractivity contribution in [2.75, 3.05) is 0 Å². The fourth-order valence-electron chi connectivity index (χ4n) is 5.64. The van der Waals surface area contributed by atoms with Gasteiger partial charge in [0.2, 0.25) is 0 Å². The molecule has 6 rings (SSSR count). The third-order valence-electron chi connectivity index (χ3n) is 7.73. The smallest absolute Gasteiger partial charge is 0.149 e. The first-order chi connectivity index (χ1) is 18.1. The molecule has 2 heterocycles. The fourth-order valence-corrected chi connectivity index (χ4v) is 5.64. The molecule has 3 heteroatoms. The Kier molecular flexibility index (Phi) is 5.72. The van der Waals surface area contributed by atoms with Crippen LogP contribution in [0.3, 0.4) is 0 Å². The first-order valence-electron chi connectivity index (χ1n) is 13.7. The number of rotatable bonds is 4. The molecule has 0 N–H and O–H groups in total. The average molecular weight is 501 g/mol. The number of para-hydroxylation sites is 4. The maximum Gasteiger partial charge on any atom is 0.149 e. The van der Waals surface area contributed by atoms with Crippen LogP contribution in [-0.2, 0) is 5.41 Å². The summed E-state index contributed by atoms with van der Waals surface area (Å²) in [6.07, 6.45) is 0. The maximum atomic E-state index is 6.66. The number of hydrogen-bond acceptors (Lipinski definition) is 2. The van der Waals surface area contributed by atoms with E-state index in [1.165, 1.54) is 22.4 Å². The van der Waals surface area contributed by atoms with E-state index in [0.717, 1.165) is 44.4 Å². The molecular weight excluding hydrogens is 464 g/mol. The third-order valence-corrected chi connectivity index (χ3v) is 7.73. The number of nitrogens with zero attached hydrogens (tertiary/aromatic N) is 2. The van der Waals surface area contributed by atoms with Gasteiger partial charge in [-0.15, -0.1) is 0 Å². The SMILES string of the molecule is CC(C)c1cccc(C(C)C)c1-n1c(-c2cccc3c2oc2cc(C(C)(C)C)ccc23)nc2ccccc21. The molecule has 0 aliphatic heterocycles. The molecule has 38 heavy (non-hydrogen) atoms. The highest BCUT2D eigenvalue weighted by Crippen LogP contribution is 2.41. The van der Waals surface area contributed by atoms with Crippen molar-refractivity contribution in [3.63, 3.8) is 0 Å². The number of hydrogen-bond donors (Lipinski definition) is 0. The van der Waals surface area contributed by atoms with Crippen molar-refractivity contribution in [3.05, 3.63) is 95.6 Å². The minimum absolute atomic E-state index is 0.0533. The van der Waals surface area contributed by atoms with Gasteiger partial charge in [0, 0.05) is 10.8 Å². The molecule has 0 aliphatic rings. The highest BCUT2D eigenvalue weighted by molar-refractivity contribution is 6.09. The van der Waals surface area contributed by atoms with Crippen molar-refractivity contribution >= 4 is 33.0 Å². The van der Waals surface area contributed by atoms with E-state index < -0.39 is 0 Å². The van der Waals surface area contributed by atoms with Crippen LogP contribution in [0.15, 0.2) is 83.3 Å². The molecule has 0 bridgehead atoms. The van der Waals surface area contributed by atoms with E-state index in [2.05, 4.69) is 132 Å². The Morgan fingerprint density at radius 2 is 1.42 bits per heavy atom. The Hall–Kier alpha value is -3.85. The van der Waals surface area contributed by atoms with E-state index in [-0.39, 0.29) is 5.41 Å². The molecule has 0 spiro atoms. The lowest BCUT2D eigenvalue weighted by Gasteiger charge is -2.22. The van der Waals surface area contributed by atoms with Crippen LogP contribution >= 0.6 is 0 Å². The van der Waals surface area contributed by atoms with E-state index >= 15 is 0 Å². The van der Waals surface area contributed by atoms with E-state index in [4.69, 9.17) is 9.40 Å². The lowest BCUT2D eigenvalue weighted by Crippen LogP contribution is -2.10. The van der Waals surface area contributed by atoms with Gasteiger partial charge in [-0.2, -0.15) is 0 Å². The van der Waals surface area contributed by atoms with Gasteiger partial charge in [0.15, 0.2) is 0 Å². The summed E-state index contributed by atoms with van der Waals surface area (Å²) in [4.78, 5) is 5.24. The largest absolute Gasteiger partial charge is 0.455 e. The summed E-state index contributed by atoms with van der Waals surface area (Å²) in [5, 5.41) is 2.26. The molecule has 0 saturated carbocycles. The molecule has 192 valence electrons. The third kappa shape index (κ3) is 3.84. The zero-order valence-corrected chi connectivity index (χ0v) is 23.5. The van der Waals surface area contributed by atoms with Gasteiger partial charge >= 0.3 is 0 Å². The zero-order valence-electron chi connectivity index (χ0n) is 23.5. The van der Waals surface area contributed by atoms with Crippen molar-refractivity contribution in [2.24, 2.45) is 0 Å². The monoisotopic (exact) mass is 500 g/mol. The van der Waals surface area contributed by atoms with E-state index in [1.807, 2.05) is 0 Å². The summed E-state index contributed by atoms with van der Waals surface area (Å²) in [7, 11) is 0.